The summed E-state index contributed by atoms with van der Waals surface area (Å²) < 4.78 is 18.6. The van der Waals surface area contributed by atoms with Crippen LogP contribution >= 0.6 is 0 Å². The van der Waals surface area contributed by atoms with E-state index in [2.05, 4.69) is 20.8 Å². The van der Waals surface area contributed by atoms with Gasteiger partial charge in [-0.15, -0.1) is 0 Å². The third-order valence-electron chi connectivity index (χ3n) is 3.45. The third kappa shape index (κ3) is 2.22. The summed E-state index contributed by atoms with van der Waals surface area (Å²) in [6.07, 6.45) is 0.752. The van der Waals surface area contributed by atoms with Gasteiger partial charge in [0.1, 0.15) is 6.17 Å². The van der Waals surface area contributed by atoms with Gasteiger partial charge in [-0.2, -0.15) is 0 Å². The highest BCUT2D eigenvalue weighted by Gasteiger charge is 2.38. The van der Waals surface area contributed by atoms with Crippen molar-refractivity contribution in [1.29, 1.82) is 0 Å². The average molecular weight is 188 g/mol. The zero-order valence-corrected chi connectivity index (χ0v) is 9.09. The summed E-state index contributed by atoms with van der Waals surface area (Å²) in [5.41, 5.74) is 0. The van der Waals surface area contributed by atoms with Crippen LogP contribution in [-0.4, -0.2) is 19.4 Å². The second-order valence-electron chi connectivity index (χ2n) is 4.56. The smallest absolute Gasteiger partial charge is 0.126 e. The molecule has 0 heterocycles. The van der Waals surface area contributed by atoms with Gasteiger partial charge in [0.15, 0.2) is 0 Å². The average Bonchev–Trinajstić information content (AvgIpc) is 2.04. The van der Waals surface area contributed by atoms with Crippen LogP contribution in [0.1, 0.15) is 33.6 Å². The maximum atomic E-state index is 13.4. The van der Waals surface area contributed by atoms with Crippen LogP contribution in [0.4, 0.5) is 4.39 Å². The molecule has 0 aromatic carbocycles. The summed E-state index contributed by atoms with van der Waals surface area (Å²) in [6.45, 7) is 6.55. The van der Waals surface area contributed by atoms with Gasteiger partial charge in [0, 0.05) is 7.11 Å². The maximum Gasteiger partial charge on any atom is 0.126 e. The Morgan fingerprint density at radius 3 is 2.38 bits per heavy atom. The van der Waals surface area contributed by atoms with E-state index in [1.165, 1.54) is 0 Å². The number of alkyl halides is 1. The summed E-state index contributed by atoms with van der Waals surface area (Å²) in [6, 6.07) is 0. The molecule has 0 amide bonds. The lowest BCUT2D eigenvalue weighted by Gasteiger charge is -2.39. The molecule has 0 radical (unpaired) electrons. The summed E-state index contributed by atoms with van der Waals surface area (Å²) in [5, 5.41) is 0. The van der Waals surface area contributed by atoms with Crippen molar-refractivity contribution in [1.82, 2.24) is 0 Å². The predicted octanol–water partition coefficient (Wildman–Crippen LogP) is 3.04. The number of hydrogen-bond acceptors (Lipinski definition) is 1. The first kappa shape index (κ1) is 11.0. The van der Waals surface area contributed by atoms with E-state index in [-0.39, 0.29) is 6.10 Å². The molecule has 1 nitrogen and oxygen atoms in total. The second kappa shape index (κ2) is 4.41. The Balaban J connectivity index is 2.63. The molecular formula is C11H21FO. The number of methoxy groups -OCH3 is 1. The van der Waals surface area contributed by atoms with Crippen molar-refractivity contribution in [2.45, 2.75) is 45.9 Å². The van der Waals surface area contributed by atoms with E-state index in [4.69, 9.17) is 4.74 Å². The van der Waals surface area contributed by atoms with E-state index in [0.717, 1.165) is 6.42 Å². The maximum absolute atomic E-state index is 13.4. The van der Waals surface area contributed by atoms with Gasteiger partial charge in [0.2, 0.25) is 0 Å². The van der Waals surface area contributed by atoms with Gasteiger partial charge in [0.25, 0.3) is 0 Å². The quantitative estimate of drug-likeness (QED) is 0.647. The lowest BCUT2D eigenvalue weighted by atomic mass is 9.72. The van der Waals surface area contributed by atoms with Crippen LogP contribution in [0, 0.1) is 17.8 Å². The van der Waals surface area contributed by atoms with E-state index in [1.807, 2.05) is 0 Å². The molecular weight excluding hydrogens is 167 g/mol. The molecule has 1 aliphatic carbocycles. The molecule has 1 aliphatic rings. The molecule has 0 saturated heterocycles. The fourth-order valence-corrected chi connectivity index (χ4v) is 2.65. The Labute approximate surface area is 80.7 Å². The summed E-state index contributed by atoms with van der Waals surface area (Å²) in [4.78, 5) is 0. The Bertz CT molecular complexity index is 156. The largest absolute Gasteiger partial charge is 0.378 e. The van der Waals surface area contributed by atoms with Crippen molar-refractivity contribution in [2.75, 3.05) is 7.11 Å². The molecule has 0 aromatic heterocycles. The predicted molar refractivity (Wildman–Crippen MR) is 52.4 cm³/mol. The van der Waals surface area contributed by atoms with Crippen LogP contribution in [0.5, 0.6) is 0 Å². The molecule has 1 fully saturated rings. The number of rotatable bonds is 2. The van der Waals surface area contributed by atoms with Crippen molar-refractivity contribution < 1.29 is 9.13 Å². The highest BCUT2D eigenvalue weighted by Crippen LogP contribution is 2.37. The lowest BCUT2D eigenvalue weighted by Crippen LogP contribution is -2.41. The number of ether oxygens (including phenoxy) is 1. The first-order valence-corrected chi connectivity index (χ1v) is 5.24. The van der Waals surface area contributed by atoms with E-state index in [9.17, 15) is 4.39 Å². The summed E-state index contributed by atoms with van der Waals surface area (Å²) >= 11 is 0. The molecule has 1 saturated carbocycles. The summed E-state index contributed by atoms with van der Waals surface area (Å²) in [5.74, 6) is 1.62. The SMILES string of the molecule is CO[C@H]1[C@@H](C)[C@H](C(C)C)CC[C@@H]1F. The van der Waals surface area contributed by atoms with Crippen LogP contribution in [0.3, 0.4) is 0 Å². The fraction of sp³-hybridized carbons (Fsp3) is 1.00. The van der Waals surface area contributed by atoms with Gasteiger partial charge < -0.3 is 4.74 Å². The van der Waals surface area contributed by atoms with Crippen LogP contribution in [0.25, 0.3) is 0 Å². The van der Waals surface area contributed by atoms with Crippen molar-refractivity contribution >= 4 is 0 Å². The first-order valence-electron chi connectivity index (χ1n) is 5.24. The Morgan fingerprint density at radius 2 is 1.92 bits per heavy atom. The molecule has 78 valence electrons. The van der Waals surface area contributed by atoms with Crippen LogP contribution in [0.2, 0.25) is 0 Å². The molecule has 0 aromatic rings. The van der Waals surface area contributed by atoms with Gasteiger partial charge in [-0.05, 0) is 30.6 Å². The molecule has 13 heavy (non-hydrogen) atoms. The molecule has 0 unspecified atom stereocenters. The van der Waals surface area contributed by atoms with Gasteiger partial charge in [-0.3, -0.25) is 0 Å². The van der Waals surface area contributed by atoms with Gasteiger partial charge in [0.05, 0.1) is 6.10 Å². The normalized spacial score (nSPS) is 41.1. The minimum Gasteiger partial charge on any atom is -0.378 e. The monoisotopic (exact) mass is 188 g/mol. The van der Waals surface area contributed by atoms with Crippen LogP contribution in [0.15, 0.2) is 0 Å². The molecule has 0 aliphatic heterocycles. The van der Waals surface area contributed by atoms with Gasteiger partial charge in [-0.1, -0.05) is 20.8 Å². The molecule has 0 N–H and O–H groups in total. The number of hydrogen-bond donors (Lipinski definition) is 0. The Hall–Kier alpha value is -0.110. The molecule has 0 spiro atoms. The Kier molecular flexibility index (Phi) is 3.72. The molecule has 4 atom stereocenters. The molecule has 2 heteroatoms. The summed E-state index contributed by atoms with van der Waals surface area (Å²) in [7, 11) is 1.62. The third-order valence-corrected chi connectivity index (χ3v) is 3.45. The highest BCUT2D eigenvalue weighted by atomic mass is 19.1. The van der Waals surface area contributed by atoms with Gasteiger partial charge in [-0.25, -0.2) is 4.39 Å². The number of halogens is 1. The standard InChI is InChI=1S/C11H21FO/c1-7(2)9-5-6-10(12)11(13-4)8(9)3/h7-11H,5-6H2,1-4H3/t8-,9-,10-,11-/m0/s1. The fourth-order valence-electron chi connectivity index (χ4n) is 2.65. The minimum atomic E-state index is -0.755. The van der Waals surface area contributed by atoms with Crippen LogP contribution in [-0.2, 0) is 4.74 Å². The lowest BCUT2D eigenvalue weighted by molar-refractivity contribution is -0.0597. The second-order valence-corrected chi connectivity index (χ2v) is 4.56. The van der Waals surface area contributed by atoms with E-state index >= 15 is 0 Å². The van der Waals surface area contributed by atoms with E-state index in [1.54, 1.807) is 7.11 Å². The van der Waals surface area contributed by atoms with Crippen molar-refractivity contribution in [2.24, 2.45) is 17.8 Å². The zero-order valence-electron chi connectivity index (χ0n) is 9.09. The van der Waals surface area contributed by atoms with Crippen molar-refractivity contribution in [3.63, 3.8) is 0 Å². The highest BCUT2D eigenvalue weighted by molar-refractivity contribution is 4.87. The van der Waals surface area contributed by atoms with E-state index in [0.29, 0.717) is 24.2 Å². The zero-order chi connectivity index (χ0) is 10.0. The van der Waals surface area contributed by atoms with Gasteiger partial charge >= 0.3 is 0 Å². The minimum absolute atomic E-state index is 0.179. The topological polar surface area (TPSA) is 9.23 Å². The van der Waals surface area contributed by atoms with Crippen molar-refractivity contribution in [3.05, 3.63) is 0 Å². The Morgan fingerprint density at radius 1 is 1.31 bits per heavy atom. The molecule has 1 rings (SSSR count). The van der Waals surface area contributed by atoms with E-state index < -0.39 is 6.17 Å². The molecule has 0 bridgehead atoms. The first-order chi connectivity index (χ1) is 6.07. The van der Waals surface area contributed by atoms with Crippen LogP contribution < -0.4 is 0 Å². The van der Waals surface area contributed by atoms with Crippen molar-refractivity contribution in [3.8, 4) is 0 Å².